The van der Waals surface area contributed by atoms with Crippen molar-refractivity contribution in [1.82, 2.24) is 15.5 Å². The minimum atomic E-state index is 0.409. The molecule has 0 bridgehead atoms. The van der Waals surface area contributed by atoms with Gasteiger partial charge in [-0.15, -0.1) is 0 Å². The molecule has 5 nitrogen and oxygen atoms in total. The summed E-state index contributed by atoms with van der Waals surface area (Å²) in [5, 5.41) is 6.89. The second kappa shape index (κ2) is 14.5. The maximum absolute atomic E-state index is 5.44. The van der Waals surface area contributed by atoms with E-state index in [0.29, 0.717) is 19.2 Å². The average Bonchev–Trinajstić information content (AvgIpc) is 2.69. The molecule has 2 N–H and O–H groups in total. The van der Waals surface area contributed by atoms with E-state index in [0.717, 1.165) is 38.6 Å². The lowest BCUT2D eigenvalue weighted by Gasteiger charge is -2.21. The smallest absolute Gasteiger partial charge is 0.191 e. The van der Waals surface area contributed by atoms with Gasteiger partial charge in [-0.1, -0.05) is 38.1 Å². The molecule has 5 heteroatoms. The van der Waals surface area contributed by atoms with Crippen molar-refractivity contribution in [2.75, 3.05) is 32.8 Å². The highest BCUT2D eigenvalue weighted by atomic mass is 16.5. The largest absolute Gasteiger partial charge is 0.377 e. The van der Waals surface area contributed by atoms with Gasteiger partial charge in [-0.3, -0.25) is 0 Å². The first-order valence-electron chi connectivity index (χ1n) is 10.6. The van der Waals surface area contributed by atoms with E-state index in [9.17, 15) is 0 Å². The molecule has 0 aliphatic rings. The van der Waals surface area contributed by atoms with Gasteiger partial charge in [0.2, 0.25) is 0 Å². The van der Waals surface area contributed by atoms with Crippen LogP contribution >= 0.6 is 0 Å². The van der Waals surface area contributed by atoms with Gasteiger partial charge >= 0.3 is 0 Å². The van der Waals surface area contributed by atoms with Crippen LogP contribution in [-0.4, -0.2) is 49.7 Å². The third kappa shape index (κ3) is 10.4. The van der Waals surface area contributed by atoms with Crippen molar-refractivity contribution in [3.8, 4) is 0 Å². The monoisotopic (exact) mass is 376 g/mol. The summed E-state index contributed by atoms with van der Waals surface area (Å²) in [5.74, 6) is 0.895. The Bertz CT molecular complexity index is 512. The summed E-state index contributed by atoms with van der Waals surface area (Å²) in [4.78, 5) is 7.22. The maximum Gasteiger partial charge on any atom is 0.191 e. The number of guanidine groups is 1. The van der Waals surface area contributed by atoms with Gasteiger partial charge in [0.15, 0.2) is 5.96 Å². The number of nitrogens with one attached hydrogen (secondary N) is 2. The molecular formula is C22H40N4O. The third-order valence-electron chi connectivity index (χ3n) is 4.65. The zero-order valence-corrected chi connectivity index (χ0v) is 18.1. The Balaban J connectivity index is 2.48. The van der Waals surface area contributed by atoms with Crippen LogP contribution in [0.25, 0.3) is 0 Å². The van der Waals surface area contributed by atoms with E-state index in [1.165, 1.54) is 24.1 Å². The second-order valence-corrected chi connectivity index (χ2v) is 6.86. The van der Waals surface area contributed by atoms with Crippen molar-refractivity contribution in [3.63, 3.8) is 0 Å². The van der Waals surface area contributed by atoms with Crippen LogP contribution in [-0.2, 0) is 17.9 Å². The van der Waals surface area contributed by atoms with E-state index in [1.807, 2.05) is 6.92 Å². The Kier molecular flexibility index (Phi) is 12.6. The van der Waals surface area contributed by atoms with Crippen LogP contribution in [0.15, 0.2) is 29.3 Å². The van der Waals surface area contributed by atoms with E-state index >= 15 is 0 Å². The summed E-state index contributed by atoms with van der Waals surface area (Å²) in [6.45, 7) is 17.2. The van der Waals surface area contributed by atoms with Crippen molar-refractivity contribution >= 4 is 5.96 Å². The zero-order valence-electron chi connectivity index (χ0n) is 18.1. The Morgan fingerprint density at radius 3 is 2.33 bits per heavy atom. The SMILES string of the molecule is CCNC(=NCc1ccc(COCC)cc1)NC(C)CCCN(CC)CC. The molecule has 1 aromatic carbocycles. The molecule has 0 radical (unpaired) electrons. The molecule has 1 atom stereocenters. The van der Waals surface area contributed by atoms with Crippen LogP contribution in [0.5, 0.6) is 0 Å². The number of ether oxygens (including phenoxy) is 1. The van der Waals surface area contributed by atoms with Crippen molar-refractivity contribution in [2.45, 2.75) is 66.7 Å². The van der Waals surface area contributed by atoms with Gasteiger partial charge in [-0.25, -0.2) is 4.99 Å². The number of nitrogens with zero attached hydrogens (tertiary/aromatic N) is 2. The maximum atomic E-state index is 5.44. The lowest BCUT2D eigenvalue weighted by molar-refractivity contribution is 0.134. The minimum Gasteiger partial charge on any atom is -0.377 e. The summed E-state index contributed by atoms with van der Waals surface area (Å²) in [6, 6.07) is 8.92. The minimum absolute atomic E-state index is 0.409. The van der Waals surface area contributed by atoms with Gasteiger partial charge < -0.3 is 20.3 Å². The third-order valence-corrected chi connectivity index (χ3v) is 4.65. The highest BCUT2D eigenvalue weighted by Crippen LogP contribution is 2.07. The quantitative estimate of drug-likeness (QED) is 0.406. The van der Waals surface area contributed by atoms with Crippen LogP contribution < -0.4 is 10.6 Å². The molecule has 0 aliphatic carbocycles. The lowest BCUT2D eigenvalue weighted by atomic mass is 10.1. The van der Waals surface area contributed by atoms with Gasteiger partial charge in [-0.05, 0) is 64.4 Å². The van der Waals surface area contributed by atoms with Crippen molar-refractivity contribution in [2.24, 2.45) is 4.99 Å². The molecule has 1 rings (SSSR count). The normalized spacial score (nSPS) is 13.0. The molecule has 27 heavy (non-hydrogen) atoms. The summed E-state index contributed by atoms with van der Waals surface area (Å²) in [6.07, 6.45) is 2.35. The summed E-state index contributed by atoms with van der Waals surface area (Å²) >= 11 is 0. The first kappa shape index (κ1) is 23.4. The molecule has 0 saturated heterocycles. The average molecular weight is 377 g/mol. The summed E-state index contributed by atoms with van der Waals surface area (Å²) in [5.41, 5.74) is 2.41. The predicted octanol–water partition coefficient (Wildman–Crippen LogP) is 3.79. The van der Waals surface area contributed by atoms with Crippen LogP contribution in [0.4, 0.5) is 0 Å². The van der Waals surface area contributed by atoms with E-state index in [2.05, 4.69) is 67.5 Å². The fraction of sp³-hybridized carbons (Fsp3) is 0.682. The molecule has 0 aromatic heterocycles. The molecular weight excluding hydrogens is 336 g/mol. The molecule has 1 aromatic rings. The van der Waals surface area contributed by atoms with Gasteiger partial charge in [-0.2, -0.15) is 0 Å². The topological polar surface area (TPSA) is 48.9 Å². The molecule has 1 unspecified atom stereocenters. The Morgan fingerprint density at radius 1 is 1.07 bits per heavy atom. The molecule has 0 saturated carbocycles. The van der Waals surface area contributed by atoms with Gasteiger partial charge in [0, 0.05) is 19.2 Å². The first-order valence-corrected chi connectivity index (χ1v) is 10.6. The molecule has 0 amide bonds. The number of aliphatic imine (C=N–C) groups is 1. The van der Waals surface area contributed by atoms with Gasteiger partial charge in [0.05, 0.1) is 13.2 Å². The Labute approximate surface area is 166 Å². The first-order chi connectivity index (χ1) is 13.1. The van der Waals surface area contributed by atoms with Crippen molar-refractivity contribution in [1.29, 1.82) is 0 Å². The molecule has 0 spiro atoms. The van der Waals surface area contributed by atoms with Crippen molar-refractivity contribution in [3.05, 3.63) is 35.4 Å². The van der Waals surface area contributed by atoms with Crippen LogP contribution in [0.3, 0.4) is 0 Å². The fourth-order valence-corrected chi connectivity index (χ4v) is 2.92. The molecule has 0 fully saturated rings. The Hall–Kier alpha value is -1.59. The molecule has 0 aliphatic heterocycles. The second-order valence-electron chi connectivity index (χ2n) is 6.86. The highest BCUT2D eigenvalue weighted by Gasteiger charge is 2.06. The van der Waals surface area contributed by atoms with E-state index in [-0.39, 0.29) is 0 Å². The highest BCUT2D eigenvalue weighted by molar-refractivity contribution is 5.80. The van der Waals surface area contributed by atoms with Gasteiger partial charge in [0.1, 0.15) is 0 Å². The van der Waals surface area contributed by atoms with Gasteiger partial charge in [0.25, 0.3) is 0 Å². The van der Waals surface area contributed by atoms with E-state index < -0.39 is 0 Å². The fourth-order valence-electron chi connectivity index (χ4n) is 2.92. The standard InChI is InChI=1S/C22H40N4O/c1-6-23-22(25-19(5)11-10-16-26(7-2)8-3)24-17-20-12-14-21(15-13-20)18-27-9-4/h12-15,19H,6-11,16-18H2,1-5H3,(H2,23,24,25). The number of rotatable bonds is 13. The number of hydrogen-bond acceptors (Lipinski definition) is 3. The Morgan fingerprint density at radius 2 is 1.74 bits per heavy atom. The van der Waals surface area contributed by atoms with Crippen LogP contribution in [0, 0.1) is 0 Å². The predicted molar refractivity (Wildman–Crippen MR) is 116 cm³/mol. The van der Waals surface area contributed by atoms with Crippen molar-refractivity contribution < 1.29 is 4.74 Å². The van der Waals surface area contributed by atoms with E-state index in [1.54, 1.807) is 0 Å². The summed E-state index contributed by atoms with van der Waals surface area (Å²) in [7, 11) is 0. The van der Waals surface area contributed by atoms with Crippen LogP contribution in [0.2, 0.25) is 0 Å². The summed E-state index contributed by atoms with van der Waals surface area (Å²) < 4.78 is 5.44. The van der Waals surface area contributed by atoms with Crippen LogP contribution in [0.1, 0.15) is 58.6 Å². The lowest BCUT2D eigenvalue weighted by Crippen LogP contribution is -2.42. The molecule has 0 heterocycles. The number of hydrogen-bond donors (Lipinski definition) is 2. The van der Waals surface area contributed by atoms with E-state index in [4.69, 9.17) is 9.73 Å². The number of benzene rings is 1. The zero-order chi connectivity index (χ0) is 19.9. The molecule has 154 valence electrons.